The van der Waals surface area contributed by atoms with Crippen LogP contribution in [0.15, 0.2) is 30.6 Å². The van der Waals surface area contributed by atoms with Gasteiger partial charge in [0.25, 0.3) is 5.91 Å². The fourth-order valence-electron chi connectivity index (χ4n) is 6.44. The number of carbonyl (C=O) groups excluding carboxylic acids is 4. The molecule has 3 heterocycles. The number of amides is 1. The van der Waals surface area contributed by atoms with Crippen LogP contribution in [0.1, 0.15) is 109 Å². The molecule has 0 bridgehead atoms. The van der Waals surface area contributed by atoms with Gasteiger partial charge in [-0.2, -0.15) is 5.10 Å². The minimum atomic E-state index is -1.81. The van der Waals surface area contributed by atoms with Crippen molar-refractivity contribution in [2.45, 2.75) is 116 Å². The molecule has 258 valence electrons. The van der Waals surface area contributed by atoms with Crippen molar-refractivity contribution in [2.75, 3.05) is 12.4 Å². The molecule has 3 aromatic rings. The molecule has 0 saturated heterocycles. The predicted octanol–water partition coefficient (Wildman–Crippen LogP) is 5.77. The molecule has 1 N–H and O–H groups in total. The number of hydrogen-bond acceptors (Lipinski definition) is 10. The summed E-state index contributed by atoms with van der Waals surface area (Å²) >= 11 is 0. The Hall–Kier alpha value is -4.48. The van der Waals surface area contributed by atoms with E-state index in [-0.39, 0.29) is 35.3 Å². The second-order valence-electron chi connectivity index (χ2n) is 15.3. The molecule has 2 aromatic heterocycles. The number of Topliss-reactive ketones (excluding diaryl/α,β-unsaturated/α-hetero) is 1. The molecule has 48 heavy (non-hydrogen) atoms. The highest BCUT2D eigenvalue weighted by Crippen LogP contribution is 2.43. The lowest BCUT2D eigenvalue weighted by atomic mass is 9.72. The van der Waals surface area contributed by atoms with E-state index < -0.39 is 46.2 Å². The second kappa shape index (κ2) is 12.5. The summed E-state index contributed by atoms with van der Waals surface area (Å²) in [6.45, 7) is 14.5. The fourth-order valence-corrected chi connectivity index (χ4v) is 6.44. The molecular weight excluding hydrogens is 616 g/mol. The zero-order valence-corrected chi connectivity index (χ0v) is 29.3. The van der Waals surface area contributed by atoms with Crippen LogP contribution in [0.3, 0.4) is 0 Å². The van der Waals surface area contributed by atoms with E-state index in [4.69, 9.17) is 23.9 Å². The first-order chi connectivity index (χ1) is 22.3. The van der Waals surface area contributed by atoms with Crippen molar-refractivity contribution in [3.63, 3.8) is 0 Å². The lowest BCUT2D eigenvalue weighted by Crippen LogP contribution is -2.50. The number of benzene rings is 1. The fraction of sp³-hybridized carbons (Fsp3) is 0.556. The Morgan fingerprint density at radius 2 is 1.77 bits per heavy atom. The van der Waals surface area contributed by atoms with Crippen LogP contribution in [0.5, 0.6) is 11.5 Å². The predicted molar refractivity (Wildman–Crippen MR) is 177 cm³/mol. The maximum Gasteiger partial charge on any atom is 0.326 e. The minimum Gasteiger partial charge on any atom is -0.494 e. The number of aromatic nitrogens is 3. The zero-order chi connectivity index (χ0) is 35.2. The van der Waals surface area contributed by atoms with E-state index >= 15 is 0 Å². The summed E-state index contributed by atoms with van der Waals surface area (Å²) in [5.74, 6) is -1.89. The lowest BCUT2D eigenvalue weighted by molar-refractivity contribution is -0.167. The number of methoxy groups -OCH3 is 1. The SMILES string of the molecule is COc1cc2c(cc1NC(=O)c1cnn3ccc(C4(C(=O)OC(C)(C)C)CCCCC(CC(=O)OC(C)(C)C)C4=O)nc13)CC(C)(C)O2. The molecular formula is C36H46N4O8. The van der Waals surface area contributed by atoms with Crippen molar-refractivity contribution in [1.82, 2.24) is 14.6 Å². The molecule has 1 amide bonds. The average molecular weight is 663 g/mol. The molecule has 2 atom stereocenters. The summed E-state index contributed by atoms with van der Waals surface area (Å²) in [7, 11) is 1.51. The minimum absolute atomic E-state index is 0.127. The molecule has 5 rings (SSSR count). The lowest BCUT2D eigenvalue weighted by Gasteiger charge is -2.34. The second-order valence-corrected chi connectivity index (χ2v) is 15.3. The molecule has 0 radical (unpaired) electrons. The van der Waals surface area contributed by atoms with E-state index in [9.17, 15) is 19.2 Å². The van der Waals surface area contributed by atoms with Crippen molar-refractivity contribution in [3.05, 3.63) is 47.4 Å². The van der Waals surface area contributed by atoms with Crippen molar-refractivity contribution < 1.29 is 38.1 Å². The third kappa shape index (κ3) is 7.17. The summed E-state index contributed by atoms with van der Waals surface area (Å²) in [4.78, 5) is 60.2. The Labute approximate surface area is 280 Å². The zero-order valence-electron chi connectivity index (χ0n) is 29.3. The molecule has 12 nitrogen and oxygen atoms in total. The van der Waals surface area contributed by atoms with Gasteiger partial charge in [0.15, 0.2) is 16.8 Å². The number of nitrogens with zero attached hydrogens (tertiary/aromatic N) is 3. The highest BCUT2D eigenvalue weighted by atomic mass is 16.6. The summed E-state index contributed by atoms with van der Waals surface area (Å²) in [6, 6.07) is 5.14. The molecule has 1 aromatic carbocycles. The number of nitrogens with one attached hydrogen (secondary N) is 1. The van der Waals surface area contributed by atoms with Crippen LogP contribution < -0.4 is 14.8 Å². The van der Waals surface area contributed by atoms with Crippen LogP contribution in [0, 0.1) is 5.92 Å². The molecule has 1 saturated carbocycles. The number of rotatable bonds is 7. The Morgan fingerprint density at radius 1 is 1.06 bits per heavy atom. The van der Waals surface area contributed by atoms with Gasteiger partial charge in [-0.25, -0.2) is 9.50 Å². The van der Waals surface area contributed by atoms with Crippen LogP contribution in [0.2, 0.25) is 0 Å². The largest absolute Gasteiger partial charge is 0.494 e. The molecule has 1 aliphatic heterocycles. The highest BCUT2D eigenvalue weighted by Gasteiger charge is 2.54. The van der Waals surface area contributed by atoms with Crippen molar-refractivity contribution >= 4 is 35.0 Å². The van der Waals surface area contributed by atoms with Gasteiger partial charge in [0.1, 0.15) is 33.9 Å². The molecule has 2 unspecified atom stereocenters. The number of ether oxygens (including phenoxy) is 4. The van der Waals surface area contributed by atoms with E-state index in [1.807, 2.05) is 19.9 Å². The van der Waals surface area contributed by atoms with Gasteiger partial charge < -0.3 is 24.3 Å². The number of anilines is 1. The Balaban J connectivity index is 1.54. The molecule has 1 aliphatic carbocycles. The Kier molecular flexibility index (Phi) is 9.09. The maximum absolute atomic E-state index is 14.6. The summed E-state index contributed by atoms with van der Waals surface area (Å²) in [5.41, 5.74) is -2.04. The van der Waals surface area contributed by atoms with Crippen LogP contribution in [-0.2, 0) is 35.7 Å². The van der Waals surface area contributed by atoms with Crippen LogP contribution in [-0.4, -0.2) is 62.1 Å². The first-order valence-corrected chi connectivity index (χ1v) is 16.4. The molecule has 2 aliphatic rings. The topological polar surface area (TPSA) is 147 Å². The average Bonchev–Trinajstić information content (AvgIpc) is 3.47. The number of carbonyl (C=O) groups is 4. The molecule has 12 heteroatoms. The standard InChI is InChI=1S/C36H46N4O8/c1-33(2,3)47-28(41)17-21-12-10-11-14-36(29(21)42,32(44)48-34(4,5)6)27-13-15-40-30(39-27)23(20-37-40)31(43)38-24-16-22-19-35(7,8)46-25(22)18-26(24)45-9/h13,15-16,18,20-21H,10-12,14,17,19H2,1-9H3,(H,38,43). The van der Waals surface area contributed by atoms with E-state index in [0.717, 1.165) is 5.56 Å². The maximum atomic E-state index is 14.6. The monoisotopic (exact) mass is 662 g/mol. The normalized spacial score (nSPS) is 20.8. The van der Waals surface area contributed by atoms with Gasteiger partial charge in [0.2, 0.25) is 0 Å². The first-order valence-electron chi connectivity index (χ1n) is 16.4. The Bertz CT molecular complexity index is 1760. The van der Waals surface area contributed by atoms with E-state index in [1.54, 1.807) is 59.9 Å². The summed E-state index contributed by atoms with van der Waals surface area (Å²) < 4.78 is 24.4. The number of hydrogen-bond donors (Lipinski definition) is 1. The number of fused-ring (bicyclic) bond motifs is 2. The third-order valence-electron chi connectivity index (χ3n) is 8.41. The van der Waals surface area contributed by atoms with Gasteiger partial charge in [-0.3, -0.25) is 19.2 Å². The third-order valence-corrected chi connectivity index (χ3v) is 8.41. The van der Waals surface area contributed by atoms with Crippen molar-refractivity contribution in [2.24, 2.45) is 5.92 Å². The highest BCUT2D eigenvalue weighted by molar-refractivity contribution is 6.12. The van der Waals surface area contributed by atoms with E-state index in [1.165, 1.54) is 17.8 Å². The van der Waals surface area contributed by atoms with Gasteiger partial charge in [-0.1, -0.05) is 12.8 Å². The molecule has 1 fully saturated rings. The smallest absolute Gasteiger partial charge is 0.326 e. The quantitative estimate of drug-likeness (QED) is 0.188. The van der Waals surface area contributed by atoms with Gasteiger partial charge in [-0.05, 0) is 80.4 Å². The van der Waals surface area contributed by atoms with Crippen LogP contribution in [0.25, 0.3) is 5.65 Å². The first kappa shape index (κ1) is 34.8. The number of ketones is 1. The van der Waals surface area contributed by atoms with Crippen LogP contribution >= 0.6 is 0 Å². The van der Waals surface area contributed by atoms with Gasteiger partial charge in [0.05, 0.1) is 31.1 Å². The number of esters is 2. The van der Waals surface area contributed by atoms with E-state index in [0.29, 0.717) is 42.9 Å². The summed E-state index contributed by atoms with van der Waals surface area (Å²) in [5, 5.41) is 7.24. The summed E-state index contributed by atoms with van der Waals surface area (Å²) in [6.07, 6.45) is 5.13. The Morgan fingerprint density at radius 3 is 2.44 bits per heavy atom. The molecule has 0 spiro atoms. The van der Waals surface area contributed by atoms with Crippen molar-refractivity contribution in [3.8, 4) is 11.5 Å². The van der Waals surface area contributed by atoms with Crippen LogP contribution in [0.4, 0.5) is 5.69 Å². The van der Waals surface area contributed by atoms with Gasteiger partial charge in [-0.15, -0.1) is 0 Å². The van der Waals surface area contributed by atoms with Crippen molar-refractivity contribution in [1.29, 1.82) is 0 Å². The van der Waals surface area contributed by atoms with Gasteiger partial charge in [0, 0.05) is 30.2 Å². The van der Waals surface area contributed by atoms with E-state index in [2.05, 4.69) is 10.4 Å². The van der Waals surface area contributed by atoms with Gasteiger partial charge >= 0.3 is 11.9 Å².